The van der Waals surface area contributed by atoms with Crippen LogP contribution in [0.25, 0.3) is 10.2 Å². The Kier molecular flexibility index (Phi) is 5.21. The number of sulfone groups is 1. The minimum Gasteiger partial charge on any atom is -0.354 e. The molecule has 1 saturated carbocycles. The van der Waals surface area contributed by atoms with E-state index in [-0.39, 0.29) is 10.8 Å². The zero-order valence-electron chi connectivity index (χ0n) is 15.4. The fraction of sp³-hybridized carbons (Fsp3) is 0.333. The molecule has 1 fully saturated rings. The molecule has 0 atom stereocenters. The van der Waals surface area contributed by atoms with Gasteiger partial charge in [0, 0.05) is 13.0 Å². The lowest BCUT2D eigenvalue weighted by atomic mass is 10.1. The Morgan fingerprint density at radius 1 is 1.04 bits per heavy atom. The lowest BCUT2D eigenvalue weighted by Crippen LogP contribution is -2.51. The molecule has 0 spiro atoms. The van der Waals surface area contributed by atoms with E-state index in [1.54, 1.807) is 41.7 Å². The van der Waals surface area contributed by atoms with Gasteiger partial charge in [-0.05, 0) is 37.1 Å². The van der Waals surface area contributed by atoms with Gasteiger partial charge in [-0.1, -0.05) is 43.2 Å². The fourth-order valence-corrected chi connectivity index (χ4v) is 6.94. The maximum atomic E-state index is 13.3. The zero-order valence-corrected chi connectivity index (χ0v) is 17.1. The highest BCUT2D eigenvalue weighted by Gasteiger charge is 2.52. The second-order valence-electron chi connectivity index (χ2n) is 7.10. The van der Waals surface area contributed by atoms with Gasteiger partial charge < -0.3 is 5.32 Å². The number of carbonyl (C=O) groups is 1. The molecule has 1 aromatic heterocycles. The number of hydrogen-bond donors (Lipinski definition) is 1. The van der Waals surface area contributed by atoms with Gasteiger partial charge in [0.2, 0.25) is 5.91 Å². The molecule has 2 aromatic carbocycles. The average molecular weight is 415 g/mol. The van der Waals surface area contributed by atoms with Crippen LogP contribution in [0.1, 0.15) is 30.7 Å². The Bertz CT molecular complexity index is 1050. The Morgan fingerprint density at radius 2 is 1.71 bits per heavy atom. The minimum absolute atomic E-state index is 0.221. The molecule has 1 heterocycles. The standard InChI is InChI=1S/C21H22N2O3S2/c24-20(22-15-12-19-23-17-10-4-5-11-18(17)27-19)21(13-6-7-14-21)28(25,26)16-8-2-1-3-9-16/h1-5,8-11H,6-7,12-15H2,(H,22,24). The molecule has 0 bridgehead atoms. The van der Waals surface area contributed by atoms with E-state index in [0.717, 1.165) is 28.1 Å². The molecule has 7 heteroatoms. The van der Waals surface area contributed by atoms with Crippen LogP contribution in [0.3, 0.4) is 0 Å². The van der Waals surface area contributed by atoms with Crippen molar-refractivity contribution in [2.24, 2.45) is 0 Å². The summed E-state index contributed by atoms with van der Waals surface area (Å²) in [6.07, 6.45) is 2.83. The number of rotatable bonds is 6. The van der Waals surface area contributed by atoms with E-state index in [0.29, 0.717) is 25.8 Å². The van der Waals surface area contributed by atoms with Gasteiger partial charge in [0.05, 0.1) is 20.1 Å². The number of thiazole rings is 1. The molecular weight excluding hydrogens is 392 g/mol. The maximum absolute atomic E-state index is 13.3. The Hall–Kier alpha value is -2.25. The first-order valence-electron chi connectivity index (χ1n) is 9.45. The molecule has 0 unspecified atom stereocenters. The van der Waals surface area contributed by atoms with E-state index < -0.39 is 14.6 Å². The molecule has 4 rings (SSSR count). The van der Waals surface area contributed by atoms with Gasteiger partial charge >= 0.3 is 0 Å². The van der Waals surface area contributed by atoms with Gasteiger partial charge in [0.1, 0.15) is 0 Å². The van der Waals surface area contributed by atoms with Crippen molar-refractivity contribution in [2.75, 3.05) is 6.54 Å². The fourth-order valence-electron chi connectivity index (χ4n) is 3.86. The Morgan fingerprint density at radius 3 is 2.43 bits per heavy atom. The summed E-state index contributed by atoms with van der Waals surface area (Å²) in [5, 5.41) is 3.82. The van der Waals surface area contributed by atoms with Gasteiger partial charge in [-0.3, -0.25) is 4.79 Å². The number of benzene rings is 2. The molecule has 0 aliphatic heterocycles. The summed E-state index contributed by atoms with van der Waals surface area (Å²) < 4.78 is 26.3. The van der Waals surface area contributed by atoms with E-state index in [9.17, 15) is 13.2 Å². The van der Waals surface area contributed by atoms with Gasteiger partial charge in [-0.25, -0.2) is 13.4 Å². The molecule has 3 aromatic rings. The highest BCUT2D eigenvalue weighted by atomic mass is 32.2. The Labute approximate surface area is 168 Å². The Balaban J connectivity index is 1.49. The molecule has 146 valence electrons. The molecule has 28 heavy (non-hydrogen) atoms. The molecule has 5 nitrogen and oxygen atoms in total. The van der Waals surface area contributed by atoms with Crippen molar-refractivity contribution in [3.05, 3.63) is 59.6 Å². The van der Waals surface area contributed by atoms with Crippen LogP contribution in [0.5, 0.6) is 0 Å². The van der Waals surface area contributed by atoms with Crippen molar-refractivity contribution < 1.29 is 13.2 Å². The minimum atomic E-state index is -3.74. The first kappa shape index (κ1) is 19.1. The van der Waals surface area contributed by atoms with Crippen LogP contribution in [0, 0.1) is 0 Å². The largest absolute Gasteiger partial charge is 0.354 e. The van der Waals surface area contributed by atoms with Crippen LogP contribution in [0.15, 0.2) is 59.5 Å². The van der Waals surface area contributed by atoms with E-state index in [1.807, 2.05) is 24.3 Å². The number of nitrogens with zero attached hydrogens (tertiary/aromatic N) is 1. The molecule has 1 N–H and O–H groups in total. The summed E-state index contributed by atoms with van der Waals surface area (Å²) in [4.78, 5) is 17.8. The molecule has 0 radical (unpaired) electrons. The van der Waals surface area contributed by atoms with Crippen molar-refractivity contribution in [1.29, 1.82) is 0 Å². The van der Waals surface area contributed by atoms with Crippen molar-refractivity contribution in [1.82, 2.24) is 10.3 Å². The number of hydrogen-bond acceptors (Lipinski definition) is 5. The summed E-state index contributed by atoms with van der Waals surface area (Å²) >= 11 is 1.60. The third-order valence-electron chi connectivity index (χ3n) is 5.36. The van der Waals surface area contributed by atoms with Gasteiger partial charge in [-0.15, -0.1) is 11.3 Å². The summed E-state index contributed by atoms with van der Waals surface area (Å²) in [5.74, 6) is -0.380. The monoisotopic (exact) mass is 414 g/mol. The highest BCUT2D eigenvalue weighted by Crippen LogP contribution is 2.40. The van der Waals surface area contributed by atoms with Crippen LogP contribution in [-0.4, -0.2) is 30.6 Å². The van der Waals surface area contributed by atoms with Crippen LogP contribution in [0.2, 0.25) is 0 Å². The lowest BCUT2D eigenvalue weighted by Gasteiger charge is -2.27. The van der Waals surface area contributed by atoms with E-state index in [4.69, 9.17) is 0 Å². The molecule has 1 amide bonds. The average Bonchev–Trinajstić information content (AvgIpc) is 3.36. The molecule has 1 aliphatic carbocycles. The van der Waals surface area contributed by atoms with Crippen LogP contribution >= 0.6 is 11.3 Å². The number of nitrogens with one attached hydrogen (secondary N) is 1. The van der Waals surface area contributed by atoms with Gasteiger partial charge in [-0.2, -0.15) is 0 Å². The van der Waals surface area contributed by atoms with Crippen molar-refractivity contribution in [3.63, 3.8) is 0 Å². The normalized spacial score (nSPS) is 16.3. The molecule has 1 aliphatic rings. The number of amides is 1. The zero-order chi connectivity index (χ0) is 19.6. The first-order valence-corrected chi connectivity index (χ1v) is 11.8. The second-order valence-corrected chi connectivity index (χ2v) is 10.5. The van der Waals surface area contributed by atoms with Crippen LogP contribution in [-0.2, 0) is 21.1 Å². The number of para-hydroxylation sites is 1. The van der Waals surface area contributed by atoms with E-state index in [1.165, 1.54) is 0 Å². The predicted molar refractivity (Wildman–Crippen MR) is 111 cm³/mol. The summed E-state index contributed by atoms with van der Waals surface area (Å²) in [7, 11) is -3.74. The number of fused-ring (bicyclic) bond motifs is 1. The van der Waals surface area contributed by atoms with E-state index >= 15 is 0 Å². The highest BCUT2D eigenvalue weighted by molar-refractivity contribution is 7.93. The van der Waals surface area contributed by atoms with Crippen molar-refractivity contribution >= 4 is 37.3 Å². The summed E-state index contributed by atoms with van der Waals surface area (Å²) in [6.45, 7) is 0.380. The molecular formula is C21H22N2O3S2. The van der Waals surface area contributed by atoms with Crippen LogP contribution in [0.4, 0.5) is 0 Å². The quantitative estimate of drug-likeness (QED) is 0.667. The smallest absolute Gasteiger partial charge is 0.241 e. The number of aromatic nitrogens is 1. The van der Waals surface area contributed by atoms with E-state index in [2.05, 4.69) is 10.3 Å². The summed E-state index contributed by atoms with van der Waals surface area (Å²) in [6, 6.07) is 16.2. The third kappa shape index (κ3) is 3.33. The third-order valence-corrected chi connectivity index (χ3v) is 8.97. The van der Waals surface area contributed by atoms with Gasteiger partial charge in [0.25, 0.3) is 0 Å². The maximum Gasteiger partial charge on any atom is 0.241 e. The lowest BCUT2D eigenvalue weighted by molar-refractivity contribution is -0.123. The molecule has 0 saturated heterocycles. The topological polar surface area (TPSA) is 76.1 Å². The predicted octanol–water partition coefficient (Wildman–Crippen LogP) is 3.74. The van der Waals surface area contributed by atoms with Crippen molar-refractivity contribution in [2.45, 2.75) is 41.7 Å². The van der Waals surface area contributed by atoms with Crippen molar-refractivity contribution in [3.8, 4) is 0 Å². The number of carbonyl (C=O) groups excluding carboxylic acids is 1. The summed E-state index contributed by atoms with van der Waals surface area (Å²) in [5.41, 5.74) is 0.952. The second kappa shape index (κ2) is 7.64. The first-order chi connectivity index (χ1) is 13.5. The van der Waals surface area contributed by atoms with Crippen LogP contribution < -0.4 is 5.32 Å². The SMILES string of the molecule is O=C(NCCc1nc2ccccc2s1)C1(S(=O)(=O)c2ccccc2)CCCC1. The van der Waals surface area contributed by atoms with Gasteiger partial charge in [0.15, 0.2) is 14.6 Å².